The summed E-state index contributed by atoms with van der Waals surface area (Å²) in [7, 11) is 2.17. The number of benzene rings is 1. The van der Waals surface area contributed by atoms with E-state index in [2.05, 4.69) is 50.1 Å². The van der Waals surface area contributed by atoms with Gasteiger partial charge in [0, 0.05) is 30.8 Å². The van der Waals surface area contributed by atoms with Gasteiger partial charge in [0.05, 0.1) is 0 Å². The Balaban J connectivity index is 2.06. The second kappa shape index (κ2) is 4.45. The third kappa shape index (κ3) is 2.02. The molecule has 1 aromatic rings. The minimum Gasteiger partial charge on any atom is -0.303 e. The topological polar surface area (TPSA) is 20.3 Å². The van der Waals surface area contributed by atoms with E-state index in [-0.39, 0.29) is 5.41 Å². The Morgan fingerprint density at radius 2 is 2.16 bits per heavy atom. The van der Waals surface area contributed by atoms with Crippen molar-refractivity contribution < 1.29 is 4.79 Å². The average Bonchev–Trinajstić information content (AvgIpc) is 2.36. The highest BCUT2D eigenvalue weighted by Crippen LogP contribution is 2.48. The number of aryl methyl sites for hydroxylation is 1. The van der Waals surface area contributed by atoms with Gasteiger partial charge in [-0.2, -0.15) is 0 Å². The molecular formula is C17H23NO. The first-order valence-electron chi connectivity index (χ1n) is 7.30. The minimum absolute atomic E-state index is 0.0819. The zero-order valence-electron chi connectivity index (χ0n) is 12.1. The lowest BCUT2D eigenvalue weighted by Gasteiger charge is -2.53. The van der Waals surface area contributed by atoms with Crippen LogP contribution in [0.2, 0.25) is 0 Å². The average molecular weight is 257 g/mol. The van der Waals surface area contributed by atoms with Crippen molar-refractivity contribution in [2.75, 3.05) is 13.6 Å². The molecule has 1 aliphatic heterocycles. The van der Waals surface area contributed by atoms with Crippen LogP contribution in [0.4, 0.5) is 0 Å². The van der Waals surface area contributed by atoms with Crippen LogP contribution < -0.4 is 0 Å². The predicted molar refractivity (Wildman–Crippen MR) is 77.3 cm³/mol. The Labute approximate surface area is 115 Å². The largest absolute Gasteiger partial charge is 0.303 e. The van der Waals surface area contributed by atoms with E-state index in [9.17, 15) is 4.79 Å². The molecule has 2 nitrogen and oxygen atoms in total. The predicted octanol–water partition coefficient (Wildman–Crippen LogP) is 2.94. The minimum atomic E-state index is 0.0819. The van der Waals surface area contributed by atoms with Crippen molar-refractivity contribution in [2.45, 2.75) is 44.6 Å². The van der Waals surface area contributed by atoms with Gasteiger partial charge in [0.15, 0.2) is 0 Å². The van der Waals surface area contributed by atoms with Crippen LogP contribution in [0.25, 0.3) is 0 Å². The molecule has 3 atom stereocenters. The number of Topliss-reactive ketones (excluding diaryl/α,β-unsaturated/α-hetero) is 1. The van der Waals surface area contributed by atoms with E-state index >= 15 is 0 Å². The van der Waals surface area contributed by atoms with Crippen LogP contribution in [0.1, 0.15) is 37.3 Å². The summed E-state index contributed by atoms with van der Waals surface area (Å²) >= 11 is 0. The first kappa shape index (κ1) is 12.9. The molecule has 1 saturated carbocycles. The number of carbonyl (C=O) groups excluding carboxylic acids is 1. The van der Waals surface area contributed by atoms with Crippen molar-refractivity contribution in [3.63, 3.8) is 0 Å². The Hall–Kier alpha value is -1.15. The summed E-state index contributed by atoms with van der Waals surface area (Å²) < 4.78 is 0. The normalized spacial score (nSPS) is 35.4. The molecule has 19 heavy (non-hydrogen) atoms. The molecule has 0 aromatic heterocycles. The molecule has 102 valence electrons. The maximum atomic E-state index is 12.2. The number of carbonyl (C=O) groups is 1. The van der Waals surface area contributed by atoms with Gasteiger partial charge < -0.3 is 4.90 Å². The molecule has 1 unspecified atom stereocenters. The van der Waals surface area contributed by atoms with Gasteiger partial charge in [-0.05, 0) is 31.9 Å². The van der Waals surface area contributed by atoms with Crippen LogP contribution in [-0.4, -0.2) is 30.3 Å². The molecule has 3 rings (SSSR count). The lowest BCUT2D eigenvalue weighted by Crippen LogP contribution is -2.57. The number of hydrogen-bond acceptors (Lipinski definition) is 2. The molecular weight excluding hydrogens is 234 g/mol. The van der Waals surface area contributed by atoms with Gasteiger partial charge in [0.2, 0.25) is 0 Å². The number of ketones is 1. The van der Waals surface area contributed by atoms with Crippen LogP contribution >= 0.6 is 0 Å². The van der Waals surface area contributed by atoms with Gasteiger partial charge in [-0.25, -0.2) is 0 Å². The molecule has 2 aliphatic rings. The third-order valence-corrected chi connectivity index (χ3v) is 5.30. The fraction of sp³-hybridized carbons (Fsp3) is 0.588. The summed E-state index contributed by atoms with van der Waals surface area (Å²) in [5.41, 5.74) is 2.76. The summed E-state index contributed by atoms with van der Waals surface area (Å²) in [5.74, 6) is 0.982. The molecule has 0 radical (unpaired) electrons. The number of hydrogen-bond donors (Lipinski definition) is 0. The highest BCUT2D eigenvalue weighted by atomic mass is 16.1. The molecule has 2 heteroatoms. The lowest BCUT2D eigenvalue weighted by atomic mass is 9.58. The maximum Gasteiger partial charge on any atom is 0.135 e. The second-order valence-electron chi connectivity index (χ2n) is 6.64. The molecule has 0 N–H and O–H groups in total. The summed E-state index contributed by atoms with van der Waals surface area (Å²) in [4.78, 5) is 14.6. The van der Waals surface area contributed by atoms with Gasteiger partial charge in [-0.3, -0.25) is 4.79 Å². The number of fused-ring (bicyclic) bond motifs is 2. The van der Waals surface area contributed by atoms with Gasteiger partial charge in [0.1, 0.15) is 5.78 Å². The summed E-state index contributed by atoms with van der Waals surface area (Å²) in [6.07, 6.45) is 2.62. The number of piperidine rings is 1. The van der Waals surface area contributed by atoms with Crippen LogP contribution in [0.5, 0.6) is 0 Å². The Bertz CT molecular complexity index is 510. The number of rotatable bonds is 1. The van der Waals surface area contributed by atoms with Crippen molar-refractivity contribution in [2.24, 2.45) is 5.92 Å². The number of nitrogens with zero attached hydrogens (tertiary/aromatic N) is 1. The summed E-state index contributed by atoms with van der Waals surface area (Å²) in [6, 6.07) is 9.24. The van der Waals surface area contributed by atoms with Gasteiger partial charge in [-0.15, -0.1) is 0 Å². The molecule has 2 bridgehead atoms. The smallest absolute Gasteiger partial charge is 0.135 e. The van der Waals surface area contributed by atoms with E-state index in [1.807, 2.05) is 0 Å². The Morgan fingerprint density at radius 1 is 1.37 bits per heavy atom. The van der Waals surface area contributed by atoms with E-state index in [1.54, 1.807) is 0 Å². The highest BCUT2D eigenvalue weighted by molar-refractivity contribution is 5.82. The van der Waals surface area contributed by atoms with E-state index in [1.165, 1.54) is 11.1 Å². The fourth-order valence-electron chi connectivity index (χ4n) is 4.15. The summed E-state index contributed by atoms with van der Waals surface area (Å²) in [5, 5.41) is 0. The highest BCUT2D eigenvalue weighted by Gasteiger charge is 2.49. The second-order valence-corrected chi connectivity index (χ2v) is 6.64. The van der Waals surface area contributed by atoms with Crippen molar-refractivity contribution in [3.05, 3.63) is 35.4 Å². The van der Waals surface area contributed by atoms with E-state index in [0.717, 1.165) is 25.8 Å². The molecule has 1 saturated heterocycles. The molecule has 1 aliphatic carbocycles. The van der Waals surface area contributed by atoms with Gasteiger partial charge in [0.25, 0.3) is 0 Å². The van der Waals surface area contributed by atoms with Crippen LogP contribution in [0.3, 0.4) is 0 Å². The summed E-state index contributed by atoms with van der Waals surface area (Å²) in [6.45, 7) is 5.56. The molecule has 0 amide bonds. The van der Waals surface area contributed by atoms with Crippen LogP contribution in [0.15, 0.2) is 24.3 Å². The van der Waals surface area contributed by atoms with Crippen molar-refractivity contribution >= 4 is 5.78 Å². The van der Waals surface area contributed by atoms with Crippen molar-refractivity contribution in [1.29, 1.82) is 0 Å². The van der Waals surface area contributed by atoms with Crippen LogP contribution in [0, 0.1) is 12.8 Å². The van der Waals surface area contributed by atoms with E-state index in [0.29, 0.717) is 17.7 Å². The number of likely N-dealkylation sites (tertiary alicyclic amines) is 1. The molecule has 2 fully saturated rings. The Morgan fingerprint density at radius 3 is 2.89 bits per heavy atom. The third-order valence-electron chi connectivity index (χ3n) is 5.30. The zero-order valence-corrected chi connectivity index (χ0v) is 12.1. The lowest BCUT2D eigenvalue weighted by molar-refractivity contribution is -0.127. The monoisotopic (exact) mass is 257 g/mol. The standard InChI is InChI=1S/C17H23NO/c1-12-5-4-6-14(7-12)17-9-15(8-16(19)10-17)18(3)11-13(17)2/h4-7,13,15H,8-11H2,1-3H3/t13-,15?,17-/m1/s1. The first-order valence-corrected chi connectivity index (χ1v) is 7.30. The van der Waals surface area contributed by atoms with E-state index in [4.69, 9.17) is 0 Å². The molecule has 1 aromatic carbocycles. The first-order chi connectivity index (χ1) is 9.01. The fourth-order valence-corrected chi connectivity index (χ4v) is 4.15. The SMILES string of the molecule is Cc1cccc([C@@]23CC(=O)CC(C2)N(C)C[C@H]3C)c1. The molecule has 0 spiro atoms. The maximum absolute atomic E-state index is 12.2. The molecule has 1 heterocycles. The Kier molecular flexibility index (Phi) is 3.01. The van der Waals surface area contributed by atoms with Crippen molar-refractivity contribution in [3.8, 4) is 0 Å². The van der Waals surface area contributed by atoms with Gasteiger partial charge >= 0.3 is 0 Å². The van der Waals surface area contributed by atoms with Crippen LogP contribution in [-0.2, 0) is 10.2 Å². The quantitative estimate of drug-likeness (QED) is 0.771. The zero-order chi connectivity index (χ0) is 13.6. The van der Waals surface area contributed by atoms with Crippen molar-refractivity contribution in [1.82, 2.24) is 4.90 Å². The van der Waals surface area contributed by atoms with Gasteiger partial charge in [-0.1, -0.05) is 36.8 Å². The van der Waals surface area contributed by atoms with E-state index < -0.39 is 0 Å².